The summed E-state index contributed by atoms with van der Waals surface area (Å²) in [7, 11) is 3.66. The van der Waals surface area contributed by atoms with Crippen LogP contribution in [0.2, 0.25) is 0 Å². The Morgan fingerprint density at radius 2 is 1.90 bits per heavy atom. The fraction of sp³-hybridized carbons (Fsp3) is 0.500. The minimum absolute atomic E-state index is 0. The van der Waals surface area contributed by atoms with Crippen molar-refractivity contribution in [2.45, 2.75) is 39.2 Å². The van der Waals surface area contributed by atoms with Crippen LogP contribution in [0.1, 0.15) is 38.3 Å². The Hall–Kier alpha value is -2.10. The zero-order chi connectivity index (χ0) is 20.7. The Balaban J connectivity index is 0.00000320. The second-order valence-corrected chi connectivity index (χ2v) is 7.75. The molecule has 0 aliphatic heterocycles. The Kier molecular flexibility index (Phi) is 9.13. The van der Waals surface area contributed by atoms with Gasteiger partial charge in [0, 0.05) is 32.7 Å². The summed E-state index contributed by atoms with van der Waals surface area (Å²) in [6.07, 6.45) is 5.66. The Labute approximate surface area is 195 Å². The van der Waals surface area contributed by atoms with Crippen LogP contribution in [-0.2, 0) is 11.3 Å². The van der Waals surface area contributed by atoms with E-state index in [0.717, 1.165) is 43.5 Å². The van der Waals surface area contributed by atoms with E-state index >= 15 is 0 Å². The van der Waals surface area contributed by atoms with Crippen LogP contribution in [-0.4, -0.2) is 48.9 Å². The van der Waals surface area contributed by atoms with Gasteiger partial charge in [-0.3, -0.25) is 4.79 Å². The van der Waals surface area contributed by atoms with Crippen LogP contribution in [0.5, 0.6) is 0 Å². The van der Waals surface area contributed by atoms with Crippen LogP contribution >= 0.6 is 24.0 Å². The van der Waals surface area contributed by atoms with Gasteiger partial charge in [0.05, 0.1) is 12.0 Å². The zero-order valence-electron chi connectivity index (χ0n) is 18.0. The number of amides is 1. The minimum atomic E-state index is -0.339. The minimum Gasteiger partial charge on any atom is -0.444 e. The summed E-state index contributed by atoms with van der Waals surface area (Å²) in [5.41, 5.74) is 1.37. The van der Waals surface area contributed by atoms with Gasteiger partial charge in [-0.25, -0.2) is 9.98 Å². The van der Waals surface area contributed by atoms with Crippen molar-refractivity contribution in [3.05, 3.63) is 42.3 Å². The van der Waals surface area contributed by atoms with Gasteiger partial charge in [-0.15, -0.1) is 24.0 Å². The lowest BCUT2D eigenvalue weighted by molar-refractivity contribution is -0.138. The van der Waals surface area contributed by atoms with E-state index in [4.69, 9.17) is 4.42 Å². The predicted octanol–water partition coefficient (Wildman–Crippen LogP) is 3.66. The molecule has 0 unspecified atom stereocenters. The van der Waals surface area contributed by atoms with Gasteiger partial charge >= 0.3 is 0 Å². The number of hydrogen-bond donors (Lipinski definition) is 2. The number of halogens is 1. The normalized spacial score (nSPS) is 15.4. The molecule has 164 valence electrons. The van der Waals surface area contributed by atoms with Crippen LogP contribution in [0.25, 0.3) is 11.5 Å². The number of aliphatic imine (C=N–C) groups is 1. The molecule has 2 N–H and O–H groups in total. The summed E-state index contributed by atoms with van der Waals surface area (Å²) in [6, 6.07) is 9.81. The monoisotopic (exact) mass is 525 g/mol. The molecule has 1 aromatic heterocycles. The molecule has 1 saturated carbocycles. The molecule has 0 saturated heterocycles. The smallest absolute Gasteiger partial charge is 0.230 e. The van der Waals surface area contributed by atoms with Gasteiger partial charge in [-0.05, 0) is 31.9 Å². The summed E-state index contributed by atoms with van der Waals surface area (Å²) in [4.78, 5) is 23.6. The molecule has 0 atom stereocenters. The molecule has 1 aromatic carbocycles. The molecule has 7 nitrogen and oxygen atoms in total. The number of hydrogen-bond acceptors (Lipinski definition) is 4. The van der Waals surface area contributed by atoms with Gasteiger partial charge in [-0.2, -0.15) is 0 Å². The van der Waals surface area contributed by atoms with E-state index < -0.39 is 0 Å². The molecule has 30 heavy (non-hydrogen) atoms. The topological polar surface area (TPSA) is 82.8 Å². The predicted molar refractivity (Wildman–Crippen MR) is 130 cm³/mol. The molecule has 0 radical (unpaired) electrons. The standard InChI is InChI=1S/C22H31N5O2.HI/c1-4-23-21(25-16-22(12-8-9-13-22)20(28)27(2)3)24-14-18-15-29-19(26-18)17-10-6-5-7-11-17;/h5-7,10-11,15H,4,8-9,12-14,16H2,1-3H3,(H2,23,24,25);1H. The number of benzene rings is 1. The number of nitrogens with one attached hydrogen (secondary N) is 2. The van der Waals surface area contributed by atoms with Crippen LogP contribution < -0.4 is 10.6 Å². The number of aromatic nitrogens is 1. The van der Waals surface area contributed by atoms with Crippen molar-refractivity contribution >= 4 is 35.8 Å². The van der Waals surface area contributed by atoms with Crippen LogP contribution in [0, 0.1) is 5.41 Å². The fourth-order valence-electron chi connectivity index (χ4n) is 3.84. The van der Waals surface area contributed by atoms with E-state index in [1.807, 2.05) is 51.4 Å². The van der Waals surface area contributed by atoms with Crippen molar-refractivity contribution in [3.8, 4) is 11.5 Å². The van der Waals surface area contributed by atoms with Crippen LogP contribution in [0.3, 0.4) is 0 Å². The van der Waals surface area contributed by atoms with E-state index in [1.165, 1.54) is 0 Å². The highest BCUT2D eigenvalue weighted by Gasteiger charge is 2.42. The lowest BCUT2D eigenvalue weighted by Crippen LogP contribution is -2.49. The average Bonchev–Trinajstić information content (AvgIpc) is 3.40. The van der Waals surface area contributed by atoms with Crippen molar-refractivity contribution in [1.82, 2.24) is 20.5 Å². The van der Waals surface area contributed by atoms with Gasteiger partial charge in [0.2, 0.25) is 11.8 Å². The molecule has 0 spiro atoms. The Morgan fingerprint density at radius 3 is 2.53 bits per heavy atom. The second kappa shape index (κ2) is 11.3. The van der Waals surface area contributed by atoms with E-state index in [2.05, 4.69) is 20.6 Å². The molecule has 1 amide bonds. The number of nitrogens with zero attached hydrogens (tertiary/aromatic N) is 3. The Bertz CT molecular complexity index is 829. The van der Waals surface area contributed by atoms with Crippen molar-refractivity contribution in [2.75, 3.05) is 27.2 Å². The first-order chi connectivity index (χ1) is 14.0. The van der Waals surface area contributed by atoms with Crippen molar-refractivity contribution in [1.29, 1.82) is 0 Å². The molecular weight excluding hydrogens is 493 g/mol. The SMILES string of the molecule is CCNC(=NCc1coc(-c2ccccc2)n1)NCC1(C(=O)N(C)C)CCCC1.I. The van der Waals surface area contributed by atoms with E-state index in [1.54, 1.807) is 11.2 Å². The first-order valence-corrected chi connectivity index (χ1v) is 10.3. The fourth-order valence-corrected chi connectivity index (χ4v) is 3.84. The summed E-state index contributed by atoms with van der Waals surface area (Å²) in [6.45, 7) is 3.76. The molecule has 1 aliphatic carbocycles. The summed E-state index contributed by atoms with van der Waals surface area (Å²) in [5.74, 6) is 1.48. The lowest BCUT2D eigenvalue weighted by atomic mass is 9.84. The van der Waals surface area contributed by atoms with E-state index in [0.29, 0.717) is 24.9 Å². The number of guanidine groups is 1. The Morgan fingerprint density at radius 1 is 1.20 bits per heavy atom. The summed E-state index contributed by atoms with van der Waals surface area (Å²) < 4.78 is 5.59. The summed E-state index contributed by atoms with van der Waals surface area (Å²) in [5, 5.41) is 6.64. The molecule has 2 aromatic rings. The molecular formula is C22H32IN5O2. The molecule has 1 heterocycles. The molecule has 3 rings (SSSR count). The molecule has 8 heteroatoms. The average molecular weight is 525 g/mol. The van der Waals surface area contributed by atoms with Crippen molar-refractivity contribution < 1.29 is 9.21 Å². The van der Waals surface area contributed by atoms with E-state index in [-0.39, 0.29) is 35.3 Å². The van der Waals surface area contributed by atoms with Crippen LogP contribution in [0.15, 0.2) is 46.0 Å². The van der Waals surface area contributed by atoms with Gasteiger partial charge in [-0.1, -0.05) is 31.0 Å². The lowest BCUT2D eigenvalue weighted by Gasteiger charge is -2.31. The largest absolute Gasteiger partial charge is 0.444 e. The van der Waals surface area contributed by atoms with E-state index in [9.17, 15) is 4.79 Å². The number of oxazole rings is 1. The maximum atomic E-state index is 12.8. The highest BCUT2D eigenvalue weighted by Crippen LogP contribution is 2.38. The highest BCUT2D eigenvalue weighted by atomic mass is 127. The number of rotatable bonds is 7. The zero-order valence-corrected chi connectivity index (χ0v) is 20.3. The molecule has 1 aliphatic rings. The van der Waals surface area contributed by atoms with Crippen LogP contribution in [0.4, 0.5) is 0 Å². The number of carbonyl (C=O) groups excluding carboxylic acids is 1. The molecule has 0 bridgehead atoms. The van der Waals surface area contributed by atoms with Gasteiger partial charge in [0.1, 0.15) is 12.0 Å². The van der Waals surface area contributed by atoms with Gasteiger partial charge in [0.25, 0.3) is 0 Å². The summed E-state index contributed by atoms with van der Waals surface area (Å²) >= 11 is 0. The first-order valence-electron chi connectivity index (χ1n) is 10.3. The van der Waals surface area contributed by atoms with Gasteiger partial charge < -0.3 is 20.0 Å². The van der Waals surface area contributed by atoms with Crippen molar-refractivity contribution in [2.24, 2.45) is 10.4 Å². The molecule has 1 fully saturated rings. The maximum Gasteiger partial charge on any atom is 0.230 e. The van der Waals surface area contributed by atoms with Gasteiger partial charge in [0.15, 0.2) is 5.96 Å². The third-order valence-corrected chi connectivity index (χ3v) is 5.33. The third kappa shape index (κ3) is 5.96. The van der Waals surface area contributed by atoms with Crippen molar-refractivity contribution in [3.63, 3.8) is 0 Å². The quantitative estimate of drug-likeness (QED) is 0.328. The maximum absolute atomic E-state index is 12.8. The second-order valence-electron chi connectivity index (χ2n) is 7.75. The third-order valence-electron chi connectivity index (χ3n) is 5.33. The first kappa shape index (κ1) is 24.2. The number of carbonyl (C=O) groups is 1. The highest BCUT2D eigenvalue weighted by molar-refractivity contribution is 14.0.